The predicted octanol–water partition coefficient (Wildman–Crippen LogP) is 4.81. The Hall–Kier alpha value is -3.54. The standard InChI is InChI=1S/C20H11BrF4N4O3/c21-14-9-11(1-6-15(14)22)10-29-17(30)8-7-16(27-29)19-26-18(28-32-19)12-2-4-13(5-3-12)31-20(23,24)25/h1-9H,10H2. The lowest BCUT2D eigenvalue weighted by Crippen LogP contribution is -2.22. The molecule has 2 heterocycles. The molecule has 0 radical (unpaired) electrons. The van der Waals surface area contributed by atoms with Crippen LogP contribution in [0.15, 0.2) is 68.4 Å². The normalized spacial score (nSPS) is 11.5. The summed E-state index contributed by atoms with van der Waals surface area (Å²) in [6.07, 6.45) is -4.79. The Morgan fingerprint density at radius 2 is 1.81 bits per heavy atom. The molecule has 0 atom stereocenters. The van der Waals surface area contributed by atoms with Gasteiger partial charge in [-0.2, -0.15) is 10.1 Å². The minimum Gasteiger partial charge on any atom is -0.406 e. The zero-order valence-electron chi connectivity index (χ0n) is 15.8. The van der Waals surface area contributed by atoms with Gasteiger partial charge in [-0.1, -0.05) is 11.2 Å². The van der Waals surface area contributed by atoms with Gasteiger partial charge in [0, 0.05) is 11.6 Å². The number of alkyl halides is 3. The van der Waals surface area contributed by atoms with Crippen molar-refractivity contribution in [2.24, 2.45) is 0 Å². The lowest BCUT2D eigenvalue weighted by atomic mass is 10.2. The van der Waals surface area contributed by atoms with Crippen LogP contribution in [0.5, 0.6) is 5.75 Å². The van der Waals surface area contributed by atoms with E-state index in [0.717, 1.165) is 16.8 Å². The van der Waals surface area contributed by atoms with Gasteiger partial charge in [-0.15, -0.1) is 13.2 Å². The van der Waals surface area contributed by atoms with Gasteiger partial charge in [0.1, 0.15) is 17.3 Å². The van der Waals surface area contributed by atoms with Crippen molar-refractivity contribution in [1.29, 1.82) is 0 Å². The van der Waals surface area contributed by atoms with Crippen LogP contribution in [0.2, 0.25) is 0 Å². The first-order chi connectivity index (χ1) is 15.2. The van der Waals surface area contributed by atoms with Crippen molar-refractivity contribution in [3.8, 4) is 28.7 Å². The zero-order chi connectivity index (χ0) is 22.9. The van der Waals surface area contributed by atoms with Crippen LogP contribution >= 0.6 is 15.9 Å². The first-order valence-corrected chi connectivity index (χ1v) is 9.69. The smallest absolute Gasteiger partial charge is 0.406 e. The van der Waals surface area contributed by atoms with Crippen molar-refractivity contribution in [2.75, 3.05) is 0 Å². The third kappa shape index (κ3) is 5.02. The Morgan fingerprint density at radius 1 is 1.06 bits per heavy atom. The van der Waals surface area contributed by atoms with Gasteiger partial charge in [0.15, 0.2) is 0 Å². The van der Waals surface area contributed by atoms with Crippen LogP contribution in [-0.2, 0) is 6.54 Å². The molecule has 0 unspecified atom stereocenters. The van der Waals surface area contributed by atoms with Crippen LogP contribution in [0.4, 0.5) is 17.6 Å². The van der Waals surface area contributed by atoms with Crippen molar-refractivity contribution >= 4 is 15.9 Å². The fraction of sp³-hybridized carbons (Fsp3) is 0.100. The molecule has 0 saturated carbocycles. The van der Waals surface area contributed by atoms with Crippen LogP contribution in [0.1, 0.15) is 5.56 Å². The minimum atomic E-state index is -4.79. The van der Waals surface area contributed by atoms with E-state index in [0.29, 0.717) is 11.1 Å². The van der Waals surface area contributed by atoms with Crippen LogP contribution < -0.4 is 10.3 Å². The monoisotopic (exact) mass is 510 g/mol. The second kappa shape index (κ2) is 8.54. The van der Waals surface area contributed by atoms with Gasteiger partial charge in [-0.25, -0.2) is 9.07 Å². The molecule has 4 aromatic rings. The van der Waals surface area contributed by atoms with E-state index in [1.807, 2.05) is 0 Å². The molecule has 0 aliphatic heterocycles. The Balaban J connectivity index is 1.57. The number of rotatable bonds is 5. The highest BCUT2D eigenvalue weighted by Gasteiger charge is 2.31. The molecular formula is C20H11BrF4N4O3. The summed E-state index contributed by atoms with van der Waals surface area (Å²) in [7, 11) is 0. The third-order valence-electron chi connectivity index (χ3n) is 4.17. The molecule has 12 heteroatoms. The first kappa shape index (κ1) is 21.7. The van der Waals surface area contributed by atoms with Crippen molar-refractivity contribution in [2.45, 2.75) is 12.9 Å². The van der Waals surface area contributed by atoms with Gasteiger partial charge in [-0.05, 0) is 64.0 Å². The summed E-state index contributed by atoms with van der Waals surface area (Å²) in [6.45, 7) is 0.0766. The van der Waals surface area contributed by atoms with Crippen molar-refractivity contribution in [3.05, 3.63) is 80.8 Å². The molecule has 0 aliphatic carbocycles. The quantitative estimate of drug-likeness (QED) is 0.358. The molecule has 2 aromatic carbocycles. The molecule has 32 heavy (non-hydrogen) atoms. The molecule has 0 bridgehead atoms. The Morgan fingerprint density at radius 3 is 2.50 bits per heavy atom. The highest BCUT2D eigenvalue weighted by Crippen LogP contribution is 2.26. The van der Waals surface area contributed by atoms with Crippen molar-refractivity contribution < 1.29 is 26.8 Å². The molecule has 0 amide bonds. The lowest BCUT2D eigenvalue weighted by molar-refractivity contribution is -0.274. The van der Waals surface area contributed by atoms with Crippen molar-refractivity contribution in [3.63, 3.8) is 0 Å². The van der Waals surface area contributed by atoms with E-state index in [1.54, 1.807) is 0 Å². The van der Waals surface area contributed by atoms with E-state index in [-0.39, 0.29) is 34.2 Å². The number of nitrogens with zero attached hydrogens (tertiary/aromatic N) is 4. The largest absolute Gasteiger partial charge is 0.573 e. The average Bonchev–Trinajstić information content (AvgIpc) is 3.22. The summed E-state index contributed by atoms with van der Waals surface area (Å²) in [6, 6.07) is 11.9. The molecule has 0 spiro atoms. The maximum atomic E-state index is 13.4. The van der Waals surface area contributed by atoms with Gasteiger partial charge in [0.05, 0.1) is 11.0 Å². The van der Waals surface area contributed by atoms with Crippen LogP contribution in [0.3, 0.4) is 0 Å². The van der Waals surface area contributed by atoms with Gasteiger partial charge in [-0.3, -0.25) is 4.79 Å². The van der Waals surface area contributed by atoms with Gasteiger partial charge < -0.3 is 9.26 Å². The maximum Gasteiger partial charge on any atom is 0.573 e. The molecule has 0 fully saturated rings. The van der Waals surface area contributed by atoms with E-state index in [9.17, 15) is 22.4 Å². The van der Waals surface area contributed by atoms with Gasteiger partial charge in [0.2, 0.25) is 5.82 Å². The van der Waals surface area contributed by atoms with Crippen LogP contribution in [0.25, 0.3) is 23.0 Å². The number of hydrogen-bond donors (Lipinski definition) is 0. The molecular weight excluding hydrogens is 500 g/mol. The predicted molar refractivity (Wildman–Crippen MR) is 107 cm³/mol. The summed E-state index contributed by atoms with van der Waals surface area (Å²) in [5.74, 6) is -0.699. The summed E-state index contributed by atoms with van der Waals surface area (Å²) < 4.78 is 60.7. The molecule has 7 nitrogen and oxygen atoms in total. The average molecular weight is 511 g/mol. The van der Waals surface area contributed by atoms with E-state index >= 15 is 0 Å². The second-order valence-corrected chi connectivity index (χ2v) is 7.31. The summed E-state index contributed by atoms with van der Waals surface area (Å²) >= 11 is 3.09. The Bertz CT molecular complexity index is 1320. The fourth-order valence-corrected chi connectivity index (χ4v) is 3.16. The molecule has 4 rings (SSSR count). The number of hydrogen-bond acceptors (Lipinski definition) is 6. The van der Waals surface area contributed by atoms with Crippen LogP contribution in [-0.4, -0.2) is 26.3 Å². The summed E-state index contributed by atoms with van der Waals surface area (Å²) in [5, 5.41) is 8.01. The van der Waals surface area contributed by atoms with Gasteiger partial charge >= 0.3 is 6.36 Å². The fourth-order valence-electron chi connectivity index (χ4n) is 2.74. The van der Waals surface area contributed by atoms with E-state index < -0.39 is 17.7 Å². The highest BCUT2D eigenvalue weighted by molar-refractivity contribution is 9.10. The van der Waals surface area contributed by atoms with E-state index in [2.05, 4.69) is 35.9 Å². The second-order valence-electron chi connectivity index (χ2n) is 6.46. The lowest BCUT2D eigenvalue weighted by Gasteiger charge is -2.08. The zero-order valence-corrected chi connectivity index (χ0v) is 17.4. The number of aromatic nitrogens is 4. The molecule has 164 valence electrons. The van der Waals surface area contributed by atoms with E-state index in [4.69, 9.17) is 4.52 Å². The topological polar surface area (TPSA) is 83.0 Å². The van der Waals surface area contributed by atoms with Crippen molar-refractivity contribution in [1.82, 2.24) is 19.9 Å². The highest BCUT2D eigenvalue weighted by atomic mass is 79.9. The first-order valence-electron chi connectivity index (χ1n) is 8.90. The maximum absolute atomic E-state index is 13.4. The Labute approximate surface area is 185 Å². The summed E-state index contributed by atoms with van der Waals surface area (Å²) in [4.78, 5) is 16.4. The SMILES string of the molecule is O=c1ccc(-c2nc(-c3ccc(OC(F)(F)F)cc3)no2)nn1Cc1ccc(F)c(Br)c1. The van der Waals surface area contributed by atoms with Crippen LogP contribution in [0, 0.1) is 5.82 Å². The molecule has 0 aliphatic rings. The number of halogens is 5. The summed E-state index contributed by atoms with van der Waals surface area (Å²) in [5.41, 5.74) is 0.840. The third-order valence-corrected chi connectivity index (χ3v) is 4.78. The molecule has 0 N–H and O–H groups in total. The molecule has 2 aromatic heterocycles. The Kier molecular flexibility index (Phi) is 5.78. The minimum absolute atomic E-state index is 0.00431. The number of ether oxygens (including phenoxy) is 1. The molecule has 0 saturated heterocycles. The van der Waals surface area contributed by atoms with E-state index in [1.165, 1.54) is 42.5 Å². The number of benzene rings is 2. The van der Waals surface area contributed by atoms with Gasteiger partial charge in [0.25, 0.3) is 11.4 Å².